The molecular weight excluding hydrogens is 262 g/mol. The molecule has 1 rings (SSSR count). The number of carbonyl (C=O) groups excluding carboxylic acids is 1. The molecule has 1 saturated carbocycles. The van der Waals surface area contributed by atoms with Crippen LogP contribution in [0.3, 0.4) is 0 Å². The standard InChI is InChI=1S/C18H35NO2/c1-12(2)8-15(11-19)10-18(20)21-17-9-14(5)6-7-16(17)13(3)4/h12-17H,6-11,19H2,1-5H3. The molecule has 0 radical (unpaired) electrons. The highest BCUT2D eigenvalue weighted by atomic mass is 16.5. The van der Waals surface area contributed by atoms with Gasteiger partial charge in [-0.25, -0.2) is 0 Å². The maximum absolute atomic E-state index is 12.3. The summed E-state index contributed by atoms with van der Waals surface area (Å²) in [5.41, 5.74) is 5.79. The van der Waals surface area contributed by atoms with Gasteiger partial charge in [-0.1, -0.05) is 41.0 Å². The van der Waals surface area contributed by atoms with Crippen LogP contribution in [0.2, 0.25) is 0 Å². The summed E-state index contributed by atoms with van der Waals surface area (Å²) >= 11 is 0. The molecule has 0 heterocycles. The summed E-state index contributed by atoms with van der Waals surface area (Å²) in [6, 6.07) is 0. The van der Waals surface area contributed by atoms with E-state index in [1.165, 1.54) is 12.8 Å². The zero-order chi connectivity index (χ0) is 16.0. The molecule has 0 aliphatic heterocycles. The van der Waals surface area contributed by atoms with Crippen molar-refractivity contribution in [2.45, 2.75) is 72.8 Å². The minimum atomic E-state index is -0.0455. The van der Waals surface area contributed by atoms with E-state index in [0.717, 1.165) is 12.8 Å². The van der Waals surface area contributed by atoms with Gasteiger partial charge in [-0.05, 0) is 55.4 Å². The molecule has 21 heavy (non-hydrogen) atoms. The first-order chi connectivity index (χ1) is 9.83. The first-order valence-corrected chi connectivity index (χ1v) is 8.73. The lowest BCUT2D eigenvalue weighted by Gasteiger charge is -2.37. The molecule has 2 N–H and O–H groups in total. The summed E-state index contributed by atoms with van der Waals surface area (Å²) in [5.74, 6) is 2.55. The Bertz CT molecular complexity index is 314. The Labute approximate surface area is 131 Å². The van der Waals surface area contributed by atoms with Gasteiger partial charge in [0.05, 0.1) is 0 Å². The fourth-order valence-electron chi connectivity index (χ4n) is 3.63. The van der Waals surface area contributed by atoms with E-state index in [1.807, 2.05) is 0 Å². The van der Waals surface area contributed by atoms with Crippen molar-refractivity contribution in [3.8, 4) is 0 Å². The van der Waals surface area contributed by atoms with Crippen molar-refractivity contribution in [1.29, 1.82) is 0 Å². The molecule has 0 amide bonds. The Hall–Kier alpha value is -0.570. The molecule has 0 aromatic heterocycles. The van der Waals surface area contributed by atoms with Crippen molar-refractivity contribution in [1.82, 2.24) is 0 Å². The van der Waals surface area contributed by atoms with Gasteiger partial charge in [0.2, 0.25) is 0 Å². The highest BCUT2D eigenvalue weighted by Gasteiger charge is 2.33. The number of nitrogens with two attached hydrogens (primary N) is 1. The molecule has 0 aromatic rings. The Morgan fingerprint density at radius 3 is 2.43 bits per heavy atom. The molecular formula is C18H35NO2. The molecule has 1 aliphatic rings. The smallest absolute Gasteiger partial charge is 0.306 e. The minimum absolute atomic E-state index is 0.0455. The van der Waals surface area contributed by atoms with Crippen molar-refractivity contribution >= 4 is 5.97 Å². The van der Waals surface area contributed by atoms with Gasteiger partial charge >= 0.3 is 5.97 Å². The van der Waals surface area contributed by atoms with Crippen molar-refractivity contribution in [2.24, 2.45) is 35.3 Å². The zero-order valence-corrected chi connectivity index (χ0v) is 14.6. The number of carbonyl (C=O) groups is 1. The fourth-order valence-corrected chi connectivity index (χ4v) is 3.63. The molecule has 0 saturated heterocycles. The molecule has 3 nitrogen and oxygen atoms in total. The van der Waals surface area contributed by atoms with Crippen molar-refractivity contribution < 1.29 is 9.53 Å². The van der Waals surface area contributed by atoms with E-state index in [-0.39, 0.29) is 18.0 Å². The van der Waals surface area contributed by atoms with Crippen LogP contribution in [-0.2, 0) is 9.53 Å². The van der Waals surface area contributed by atoms with Crippen molar-refractivity contribution in [3.05, 3.63) is 0 Å². The lowest BCUT2D eigenvalue weighted by molar-refractivity contribution is -0.157. The summed E-state index contributed by atoms with van der Waals surface area (Å²) in [7, 11) is 0. The van der Waals surface area contributed by atoms with Gasteiger partial charge < -0.3 is 10.5 Å². The molecule has 0 spiro atoms. The van der Waals surface area contributed by atoms with Crippen LogP contribution in [-0.4, -0.2) is 18.6 Å². The molecule has 4 unspecified atom stereocenters. The highest BCUT2D eigenvalue weighted by Crippen LogP contribution is 2.35. The Balaban J connectivity index is 2.53. The number of hydrogen-bond donors (Lipinski definition) is 1. The van der Waals surface area contributed by atoms with Crippen LogP contribution in [0.4, 0.5) is 0 Å². The van der Waals surface area contributed by atoms with Crippen molar-refractivity contribution in [3.63, 3.8) is 0 Å². The third-order valence-electron chi connectivity index (χ3n) is 4.84. The van der Waals surface area contributed by atoms with E-state index >= 15 is 0 Å². The van der Waals surface area contributed by atoms with Crippen LogP contribution >= 0.6 is 0 Å². The lowest BCUT2D eigenvalue weighted by Crippen LogP contribution is -2.36. The first-order valence-electron chi connectivity index (χ1n) is 8.73. The fraction of sp³-hybridized carbons (Fsp3) is 0.944. The summed E-state index contributed by atoms with van der Waals surface area (Å²) < 4.78 is 5.86. The third-order valence-corrected chi connectivity index (χ3v) is 4.84. The molecule has 0 aromatic carbocycles. The second-order valence-corrected chi connectivity index (χ2v) is 7.79. The summed E-state index contributed by atoms with van der Waals surface area (Å²) in [5, 5.41) is 0. The Morgan fingerprint density at radius 1 is 1.24 bits per heavy atom. The molecule has 0 bridgehead atoms. The molecule has 1 aliphatic carbocycles. The lowest BCUT2D eigenvalue weighted by atomic mass is 9.75. The predicted octanol–water partition coefficient (Wildman–Crippen LogP) is 4.00. The normalized spacial score (nSPS) is 27.9. The maximum atomic E-state index is 12.3. The van der Waals surface area contributed by atoms with E-state index in [4.69, 9.17) is 10.5 Å². The quantitative estimate of drug-likeness (QED) is 0.723. The Kier molecular flexibility index (Phi) is 7.72. The van der Waals surface area contributed by atoms with Crippen LogP contribution < -0.4 is 5.73 Å². The third kappa shape index (κ3) is 6.37. The molecule has 124 valence electrons. The van der Waals surface area contributed by atoms with Crippen LogP contribution in [0, 0.1) is 29.6 Å². The van der Waals surface area contributed by atoms with Gasteiger partial charge in [0.25, 0.3) is 0 Å². The van der Waals surface area contributed by atoms with Crippen LogP contribution in [0.25, 0.3) is 0 Å². The molecule has 3 heteroatoms. The van der Waals surface area contributed by atoms with Gasteiger partial charge in [-0.3, -0.25) is 4.79 Å². The van der Waals surface area contributed by atoms with Gasteiger partial charge in [-0.2, -0.15) is 0 Å². The topological polar surface area (TPSA) is 52.3 Å². The SMILES string of the molecule is CC(C)CC(CN)CC(=O)OC1CC(C)CCC1C(C)C. The Morgan fingerprint density at radius 2 is 1.90 bits per heavy atom. The average molecular weight is 297 g/mol. The van der Waals surface area contributed by atoms with Gasteiger partial charge in [-0.15, -0.1) is 0 Å². The van der Waals surface area contributed by atoms with E-state index in [2.05, 4.69) is 34.6 Å². The maximum Gasteiger partial charge on any atom is 0.306 e. The summed E-state index contributed by atoms with van der Waals surface area (Å²) in [4.78, 5) is 12.3. The highest BCUT2D eigenvalue weighted by molar-refractivity contribution is 5.70. The second kappa shape index (κ2) is 8.77. The summed E-state index contributed by atoms with van der Waals surface area (Å²) in [6.45, 7) is 11.7. The summed E-state index contributed by atoms with van der Waals surface area (Å²) in [6.07, 6.45) is 5.05. The largest absolute Gasteiger partial charge is 0.462 e. The average Bonchev–Trinajstić information content (AvgIpc) is 2.36. The van der Waals surface area contributed by atoms with E-state index < -0.39 is 0 Å². The van der Waals surface area contributed by atoms with Gasteiger partial charge in [0, 0.05) is 6.42 Å². The number of hydrogen-bond acceptors (Lipinski definition) is 3. The zero-order valence-electron chi connectivity index (χ0n) is 14.6. The van der Waals surface area contributed by atoms with Gasteiger partial charge in [0.1, 0.15) is 6.10 Å². The predicted molar refractivity (Wildman–Crippen MR) is 87.8 cm³/mol. The van der Waals surface area contributed by atoms with E-state index in [1.54, 1.807) is 0 Å². The number of ether oxygens (including phenoxy) is 1. The first kappa shape index (κ1) is 18.5. The van der Waals surface area contributed by atoms with Gasteiger partial charge in [0.15, 0.2) is 0 Å². The number of rotatable bonds is 7. The van der Waals surface area contributed by atoms with Crippen LogP contribution in [0.15, 0.2) is 0 Å². The molecule has 1 fully saturated rings. The molecule has 4 atom stereocenters. The van der Waals surface area contributed by atoms with E-state index in [9.17, 15) is 4.79 Å². The monoisotopic (exact) mass is 297 g/mol. The van der Waals surface area contributed by atoms with E-state index in [0.29, 0.717) is 36.6 Å². The van der Waals surface area contributed by atoms with Crippen LogP contribution in [0.5, 0.6) is 0 Å². The number of esters is 1. The van der Waals surface area contributed by atoms with Crippen LogP contribution in [0.1, 0.15) is 66.7 Å². The van der Waals surface area contributed by atoms with Crippen molar-refractivity contribution in [2.75, 3.05) is 6.54 Å². The minimum Gasteiger partial charge on any atom is -0.462 e. The second-order valence-electron chi connectivity index (χ2n) is 7.79.